The quantitative estimate of drug-likeness (QED) is 0.449. The lowest BCUT2D eigenvalue weighted by atomic mass is 9.94. The van der Waals surface area contributed by atoms with Crippen molar-refractivity contribution in [3.05, 3.63) is 68.9 Å². The van der Waals surface area contributed by atoms with E-state index in [4.69, 9.17) is 7.85 Å². The first-order chi connectivity index (χ1) is 15.4. The van der Waals surface area contributed by atoms with Crippen molar-refractivity contribution in [1.82, 2.24) is 19.5 Å². The summed E-state index contributed by atoms with van der Waals surface area (Å²) >= 11 is 1.81. The van der Waals surface area contributed by atoms with Gasteiger partial charge in [0.05, 0.1) is 11.7 Å². The summed E-state index contributed by atoms with van der Waals surface area (Å²) in [7, 11) is 5.67. The molecular formula is C24H22BFN4OS. The van der Waals surface area contributed by atoms with Gasteiger partial charge in [-0.25, -0.2) is 13.9 Å². The maximum Gasteiger partial charge on any atom is 0.273 e. The van der Waals surface area contributed by atoms with Crippen molar-refractivity contribution >= 4 is 36.2 Å². The molecule has 4 aromatic rings. The fourth-order valence-corrected chi connectivity index (χ4v) is 5.52. The molecule has 0 bridgehead atoms. The van der Waals surface area contributed by atoms with Crippen LogP contribution in [0.4, 0.5) is 4.39 Å². The Kier molecular flexibility index (Phi) is 5.12. The molecule has 0 fully saturated rings. The number of carbonyl (C=O) groups is 1. The van der Waals surface area contributed by atoms with Gasteiger partial charge in [-0.3, -0.25) is 4.79 Å². The zero-order valence-electron chi connectivity index (χ0n) is 18.2. The van der Waals surface area contributed by atoms with Crippen LogP contribution in [0.15, 0.2) is 36.4 Å². The average molecular weight is 444 g/mol. The number of nitrogens with zero attached hydrogens (tertiary/aromatic N) is 4. The highest BCUT2D eigenvalue weighted by Crippen LogP contribution is 2.35. The van der Waals surface area contributed by atoms with E-state index in [0.29, 0.717) is 41.0 Å². The molecule has 0 N–H and O–H groups in total. The minimum Gasteiger partial charge on any atom is -0.330 e. The molecule has 2 radical (unpaired) electrons. The second kappa shape index (κ2) is 7.85. The smallest absolute Gasteiger partial charge is 0.273 e. The molecule has 1 atom stereocenters. The standard InChI is InChI=1S/C24H22BFN4OS/c1-4-16-11-21(24(31)29-8-7-22-18(14(29)3)9-13(2)32-22)27-23-12-20(28-30(16)23)17-6-5-15(25)10-19(17)26/h5-6,9-12,14H,4,7-8H2,1-3H3. The van der Waals surface area contributed by atoms with Crippen molar-refractivity contribution in [1.29, 1.82) is 0 Å². The summed E-state index contributed by atoms with van der Waals surface area (Å²) < 4.78 is 16.1. The van der Waals surface area contributed by atoms with Gasteiger partial charge < -0.3 is 4.90 Å². The summed E-state index contributed by atoms with van der Waals surface area (Å²) in [5.74, 6) is -0.530. The number of amides is 1. The molecule has 1 aliphatic heterocycles. The molecule has 3 aromatic heterocycles. The van der Waals surface area contributed by atoms with Crippen LogP contribution in [0, 0.1) is 12.7 Å². The molecule has 1 aromatic carbocycles. The number of aromatic nitrogens is 3. The third kappa shape index (κ3) is 3.43. The Labute approximate surface area is 191 Å². The third-order valence-electron chi connectivity index (χ3n) is 6.07. The minimum absolute atomic E-state index is 0.00338. The second-order valence-electron chi connectivity index (χ2n) is 8.19. The number of rotatable bonds is 3. The Bertz CT molecular complexity index is 1360. The Morgan fingerprint density at radius 2 is 2.09 bits per heavy atom. The van der Waals surface area contributed by atoms with Crippen LogP contribution in [0.3, 0.4) is 0 Å². The molecule has 8 heteroatoms. The fourth-order valence-electron chi connectivity index (χ4n) is 4.41. The molecule has 1 amide bonds. The largest absolute Gasteiger partial charge is 0.330 e. The van der Waals surface area contributed by atoms with E-state index in [-0.39, 0.29) is 11.9 Å². The van der Waals surface area contributed by atoms with E-state index in [0.717, 1.165) is 12.1 Å². The van der Waals surface area contributed by atoms with Gasteiger partial charge in [-0.05, 0) is 50.5 Å². The summed E-state index contributed by atoms with van der Waals surface area (Å²) in [5.41, 5.74) is 4.15. The molecule has 5 rings (SSSR count). The number of hydrogen-bond donors (Lipinski definition) is 0. The molecule has 0 saturated carbocycles. The average Bonchev–Trinajstić information content (AvgIpc) is 3.36. The lowest BCUT2D eigenvalue weighted by Crippen LogP contribution is -2.38. The third-order valence-corrected chi connectivity index (χ3v) is 7.20. The van der Waals surface area contributed by atoms with Gasteiger partial charge in [-0.15, -0.1) is 11.3 Å². The Morgan fingerprint density at radius 1 is 1.28 bits per heavy atom. The lowest BCUT2D eigenvalue weighted by Gasteiger charge is -2.33. The van der Waals surface area contributed by atoms with Gasteiger partial charge >= 0.3 is 0 Å². The maximum atomic E-state index is 14.5. The zero-order chi connectivity index (χ0) is 22.6. The Balaban J connectivity index is 1.54. The monoisotopic (exact) mass is 444 g/mol. The van der Waals surface area contributed by atoms with Gasteiger partial charge in [0.25, 0.3) is 5.91 Å². The van der Waals surface area contributed by atoms with Crippen molar-refractivity contribution in [3.8, 4) is 11.3 Å². The van der Waals surface area contributed by atoms with Crippen LogP contribution < -0.4 is 5.46 Å². The molecule has 1 unspecified atom stereocenters. The van der Waals surface area contributed by atoms with Gasteiger partial charge in [0.15, 0.2) is 5.65 Å². The summed E-state index contributed by atoms with van der Waals surface area (Å²) in [4.78, 5) is 22.6. The normalized spacial score (nSPS) is 15.9. The van der Waals surface area contributed by atoms with Crippen LogP contribution in [0.25, 0.3) is 16.9 Å². The number of benzene rings is 1. The highest BCUT2D eigenvalue weighted by Gasteiger charge is 2.30. The van der Waals surface area contributed by atoms with E-state index in [9.17, 15) is 9.18 Å². The molecule has 0 spiro atoms. The van der Waals surface area contributed by atoms with Gasteiger partial charge in [0.2, 0.25) is 0 Å². The number of aryl methyl sites for hydroxylation is 2. The highest BCUT2D eigenvalue weighted by atomic mass is 32.1. The summed E-state index contributed by atoms with van der Waals surface area (Å²) in [6.07, 6.45) is 1.52. The minimum atomic E-state index is -0.438. The van der Waals surface area contributed by atoms with E-state index in [1.165, 1.54) is 21.4 Å². The number of fused-ring (bicyclic) bond motifs is 2. The number of thiophene rings is 1. The molecule has 0 aliphatic carbocycles. The lowest BCUT2D eigenvalue weighted by molar-refractivity contribution is 0.0673. The van der Waals surface area contributed by atoms with E-state index in [1.54, 1.807) is 28.8 Å². The Hall–Kier alpha value is -3.00. The van der Waals surface area contributed by atoms with Crippen LogP contribution in [0.1, 0.15) is 51.4 Å². The van der Waals surface area contributed by atoms with Crippen molar-refractivity contribution in [3.63, 3.8) is 0 Å². The molecule has 0 saturated heterocycles. The number of hydrogen-bond acceptors (Lipinski definition) is 4. The first-order valence-corrected chi connectivity index (χ1v) is 11.5. The van der Waals surface area contributed by atoms with Crippen molar-refractivity contribution in [2.45, 2.75) is 39.7 Å². The van der Waals surface area contributed by atoms with Crippen LogP contribution in [-0.4, -0.2) is 39.8 Å². The SMILES string of the molecule is [B]c1ccc(-c2cc3nc(C(=O)N4CCc5sc(C)cc5C4C)cc(CC)n3n2)c(F)c1. The van der Waals surface area contributed by atoms with E-state index in [2.05, 4.69) is 30.0 Å². The highest BCUT2D eigenvalue weighted by molar-refractivity contribution is 7.12. The first-order valence-electron chi connectivity index (χ1n) is 10.7. The summed E-state index contributed by atoms with van der Waals surface area (Å²) in [6, 6.07) is 10.2. The van der Waals surface area contributed by atoms with Crippen molar-refractivity contribution < 1.29 is 9.18 Å². The molecule has 4 heterocycles. The van der Waals surface area contributed by atoms with Crippen molar-refractivity contribution in [2.75, 3.05) is 6.54 Å². The number of carbonyl (C=O) groups excluding carboxylic acids is 1. The molecule has 32 heavy (non-hydrogen) atoms. The molecule has 1 aliphatic rings. The Morgan fingerprint density at radius 3 is 2.84 bits per heavy atom. The van der Waals surface area contributed by atoms with Crippen LogP contribution >= 0.6 is 11.3 Å². The van der Waals surface area contributed by atoms with Gasteiger partial charge in [-0.1, -0.05) is 24.5 Å². The maximum absolute atomic E-state index is 14.5. The molecular weight excluding hydrogens is 422 g/mol. The van der Waals surface area contributed by atoms with E-state index in [1.807, 2.05) is 23.2 Å². The fraction of sp³-hybridized carbons (Fsp3) is 0.292. The van der Waals surface area contributed by atoms with Crippen molar-refractivity contribution in [2.24, 2.45) is 0 Å². The van der Waals surface area contributed by atoms with Crippen LogP contribution in [0.2, 0.25) is 0 Å². The van der Waals surface area contributed by atoms with Gasteiger partial charge in [-0.2, -0.15) is 5.10 Å². The predicted molar refractivity (Wildman–Crippen MR) is 125 cm³/mol. The number of halogens is 1. The van der Waals surface area contributed by atoms with E-state index < -0.39 is 5.82 Å². The van der Waals surface area contributed by atoms with Crippen LogP contribution in [0.5, 0.6) is 0 Å². The van der Waals surface area contributed by atoms with Gasteiger partial charge in [0, 0.05) is 33.6 Å². The predicted octanol–water partition coefficient (Wildman–Crippen LogP) is 4.02. The van der Waals surface area contributed by atoms with E-state index >= 15 is 0 Å². The summed E-state index contributed by atoms with van der Waals surface area (Å²) in [6.45, 7) is 6.84. The summed E-state index contributed by atoms with van der Waals surface area (Å²) in [5, 5.41) is 4.55. The molecule has 5 nitrogen and oxygen atoms in total. The van der Waals surface area contributed by atoms with Gasteiger partial charge in [0.1, 0.15) is 19.4 Å². The topological polar surface area (TPSA) is 50.5 Å². The zero-order valence-corrected chi connectivity index (χ0v) is 19.0. The van der Waals surface area contributed by atoms with Crippen LogP contribution in [-0.2, 0) is 12.8 Å². The second-order valence-corrected chi connectivity index (χ2v) is 9.53. The first kappa shape index (κ1) is 20.9. The molecule has 160 valence electrons.